The van der Waals surface area contributed by atoms with Gasteiger partial charge in [0.25, 0.3) is 0 Å². The number of hydrogen-bond acceptors (Lipinski definition) is 4. The molecule has 142 valence electrons. The van der Waals surface area contributed by atoms with Crippen LogP contribution in [0, 0.1) is 5.41 Å². The summed E-state index contributed by atoms with van der Waals surface area (Å²) in [5.41, 5.74) is 1.36. The maximum absolute atomic E-state index is 13.0. The molecule has 0 saturated carbocycles. The number of nitrogens with zero attached hydrogens (tertiary/aromatic N) is 3. The molecule has 3 aliphatic heterocycles. The van der Waals surface area contributed by atoms with Gasteiger partial charge in [0.15, 0.2) is 11.5 Å². The fraction of sp³-hybridized carbons (Fsp3) is 0.650. The number of amides is 2. The van der Waals surface area contributed by atoms with Gasteiger partial charge in [0.1, 0.15) is 0 Å². The molecule has 4 rings (SSSR count). The number of carbonyl (C=O) groups is 1. The number of ether oxygens (including phenoxy) is 2. The monoisotopic (exact) mass is 359 g/mol. The number of likely N-dealkylation sites (tertiary alicyclic amines) is 1. The van der Waals surface area contributed by atoms with Gasteiger partial charge in [-0.05, 0) is 49.4 Å². The zero-order valence-electron chi connectivity index (χ0n) is 15.9. The molecule has 26 heavy (non-hydrogen) atoms. The molecule has 0 radical (unpaired) electrons. The third-order valence-corrected chi connectivity index (χ3v) is 5.89. The van der Waals surface area contributed by atoms with Crippen molar-refractivity contribution >= 4 is 6.03 Å². The van der Waals surface area contributed by atoms with Crippen molar-refractivity contribution in [1.29, 1.82) is 0 Å². The Labute approximate surface area is 155 Å². The van der Waals surface area contributed by atoms with Crippen molar-refractivity contribution in [3.8, 4) is 11.5 Å². The van der Waals surface area contributed by atoms with Crippen molar-refractivity contribution < 1.29 is 14.3 Å². The molecule has 2 saturated heterocycles. The summed E-state index contributed by atoms with van der Waals surface area (Å²) in [5.74, 6) is 1.67. The minimum Gasteiger partial charge on any atom is -0.454 e. The highest BCUT2D eigenvalue weighted by atomic mass is 16.7. The van der Waals surface area contributed by atoms with E-state index in [9.17, 15) is 4.79 Å². The van der Waals surface area contributed by atoms with E-state index >= 15 is 0 Å². The first-order chi connectivity index (χ1) is 12.5. The lowest BCUT2D eigenvalue weighted by Crippen LogP contribution is -2.55. The van der Waals surface area contributed by atoms with E-state index in [0.29, 0.717) is 6.79 Å². The van der Waals surface area contributed by atoms with Crippen LogP contribution in [0.1, 0.15) is 25.3 Å². The van der Waals surface area contributed by atoms with Gasteiger partial charge in [-0.15, -0.1) is 0 Å². The van der Waals surface area contributed by atoms with E-state index in [1.165, 1.54) is 5.56 Å². The minimum absolute atomic E-state index is 0.105. The summed E-state index contributed by atoms with van der Waals surface area (Å²) in [6.45, 7) is 7.93. The molecule has 0 aromatic heterocycles. The van der Waals surface area contributed by atoms with Gasteiger partial charge in [0.05, 0.1) is 0 Å². The Bertz CT molecular complexity index is 672. The Morgan fingerprint density at radius 1 is 1.08 bits per heavy atom. The number of rotatable bonds is 2. The van der Waals surface area contributed by atoms with Crippen molar-refractivity contribution in [3.63, 3.8) is 0 Å². The number of urea groups is 1. The molecule has 1 atom stereocenters. The molecule has 1 aromatic rings. The van der Waals surface area contributed by atoms with Crippen LogP contribution in [0.15, 0.2) is 18.2 Å². The fourth-order valence-corrected chi connectivity index (χ4v) is 4.36. The van der Waals surface area contributed by atoms with Crippen LogP contribution in [0.25, 0.3) is 0 Å². The molecule has 3 aliphatic rings. The highest BCUT2D eigenvalue weighted by molar-refractivity contribution is 5.74. The normalized spacial score (nSPS) is 26.2. The predicted octanol–water partition coefficient (Wildman–Crippen LogP) is 2.43. The molecule has 0 N–H and O–H groups in total. The van der Waals surface area contributed by atoms with Crippen LogP contribution in [0.5, 0.6) is 11.5 Å². The standard InChI is InChI=1S/C20H29N3O3/c1-20(13-16-4-5-17-18(12-16)26-15-25-17)6-3-7-23(14-20)19(24)22-10-8-21(2)9-11-22/h4-5,12H,3,6-11,13-15H2,1-2H3/t20-/m1/s1. The van der Waals surface area contributed by atoms with Crippen LogP contribution in [-0.2, 0) is 6.42 Å². The summed E-state index contributed by atoms with van der Waals surface area (Å²) in [6, 6.07) is 6.43. The number of fused-ring (bicyclic) bond motifs is 1. The summed E-state index contributed by atoms with van der Waals surface area (Å²) in [6.07, 6.45) is 3.17. The number of piperazine rings is 1. The molecule has 0 unspecified atom stereocenters. The topological polar surface area (TPSA) is 45.2 Å². The van der Waals surface area contributed by atoms with Crippen LogP contribution < -0.4 is 9.47 Å². The van der Waals surface area contributed by atoms with E-state index in [-0.39, 0.29) is 11.4 Å². The molecule has 2 amide bonds. The van der Waals surface area contributed by atoms with Crippen LogP contribution in [0.3, 0.4) is 0 Å². The Hall–Kier alpha value is -1.95. The third kappa shape index (κ3) is 3.61. The molecule has 6 heteroatoms. The van der Waals surface area contributed by atoms with Crippen LogP contribution in [-0.4, -0.2) is 73.8 Å². The van der Waals surface area contributed by atoms with Gasteiger partial charge in [-0.2, -0.15) is 0 Å². The third-order valence-electron chi connectivity index (χ3n) is 5.89. The van der Waals surface area contributed by atoms with Crippen molar-refractivity contribution in [2.24, 2.45) is 5.41 Å². The Balaban J connectivity index is 1.41. The van der Waals surface area contributed by atoms with Crippen molar-refractivity contribution in [2.75, 3.05) is 53.1 Å². The Morgan fingerprint density at radius 2 is 1.85 bits per heavy atom. The number of piperidine rings is 1. The predicted molar refractivity (Wildman–Crippen MR) is 99.6 cm³/mol. The molecule has 3 heterocycles. The molecular formula is C20H29N3O3. The molecule has 1 aromatic carbocycles. The summed E-state index contributed by atoms with van der Waals surface area (Å²) in [4.78, 5) is 19.3. The Morgan fingerprint density at radius 3 is 2.65 bits per heavy atom. The number of benzene rings is 1. The van der Waals surface area contributed by atoms with E-state index in [2.05, 4.69) is 35.9 Å². The lowest BCUT2D eigenvalue weighted by atomic mass is 9.77. The second-order valence-electron chi connectivity index (χ2n) is 8.27. The van der Waals surface area contributed by atoms with Gasteiger partial charge in [0, 0.05) is 39.3 Å². The smallest absolute Gasteiger partial charge is 0.320 e. The molecule has 0 aliphatic carbocycles. The zero-order valence-corrected chi connectivity index (χ0v) is 15.9. The Kier molecular flexibility index (Phi) is 4.69. The van der Waals surface area contributed by atoms with E-state index in [1.807, 2.05) is 11.0 Å². The first-order valence-electron chi connectivity index (χ1n) is 9.63. The van der Waals surface area contributed by atoms with Crippen molar-refractivity contribution in [1.82, 2.24) is 14.7 Å². The van der Waals surface area contributed by atoms with Gasteiger partial charge in [-0.3, -0.25) is 0 Å². The van der Waals surface area contributed by atoms with Crippen LogP contribution in [0.4, 0.5) is 4.79 Å². The SMILES string of the molecule is CN1CCN(C(=O)N2CCC[C@](C)(Cc3ccc4c(c3)OCO4)C2)CC1. The van der Waals surface area contributed by atoms with E-state index in [1.54, 1.807) is 0 Å². The molecule has 0 spiro atoms. The fourth-order valence-electron chi connectivity index (χ4n) is 4.36. The highest BCUT2D eigenvalue weighted by Crippen LogP contribution is 2.37. The summed E-state index contributed by atoms with van der Waals surface area (Å²) in [5, 5.41) is 0. The average Bonchev–Trinajstić information content (AvgIpc) is 3.09. The number of carbonyl (C=O) groups excluding carboxylic acids is 1. The molecule has 0 bridgehead atoms. The summed E-state index contributed by atoms with van der Waals surface area (Å²) in [7, 11) is 2.12. The molecule has 2 fully saturated rings. The van der Waals surface area contributed by atoms with E-state index in [0.717, 1.165) is 70.0 Å². The first kappa shape index (κ1) is 17.5. The zero-order chi connectivity index (χ0) is 18.1. The number of hydrogen-bond donors (Lipinski definition) is 0. The van der Waals surface area contributed by atoms with Gasteiger partial charge in [0.2, 0.25) is 6.79 Å². The maximum atomic E-state index is 13.0. The quantitative estimate of drug-likeness (QED) is 0.814. The van der Waals surface area contributed by atoms with E-state index in [4.69, 9.17) is 9.47 Å². The summed E-state index contributed by atoms with van der Waals surface area (Å²) < 4.78 is 10.9. The van der Waals surface area contributed by atoms with Crippen LogP contribution in [0.2, 0.25) is 0 Å². The van der Waals surface area contributed by atoms with Gasteiger partial charge >= 0.3 is 6.03 Å². The van der Waals surface area contributed by atoms with Gasteiger partial charge in [-0.1, -0.05) is 13.0 Å². The maximum Gasteiger partial charge on any atom is 0.320 e. The highest BCUT2D eigenvalue weighted by Gasteiger charge is 2.35. The van der Waals surface area contributed by atoms with Gasteiger partial charge < -0.3 is 24.2 Å². The second kappa shape index (κ2) is 6.99. The molecular weight excluding hydrogens is 330 g/mol. The largest absolute Gasteiger partial charge is 0.454 e. The average molecular weight is 359 g/mol. The van der Waals surface area contributed by atoms with E-state index < -0.39 is 0 Å². The molecule has 6 nitrogen and oxygen atoms in total. The lowest BCUT2D eigenvalue weighted by Gasteiger charge is -2.43. The number of likely N-dealkylation sites (N-methyl/N-ethyl adjacent to an activating group) is 1. The van der Waals surface area contributed by atoms with Gasteiger partial charge in [-0.25, -0.2) is 4.79 Å². The van der Waals surface area contributed by atoms with Crippen molar-refractivity contribution in [3.05, 3.63) is 23.8 Å². The lowest BCUT2D eigenvalue weighted by molar-refractivity contribution is 0.0805. The minimum atomic E-state index is 0.105. The van der Waals surface area contributed by atoms with Crippen LogP contribution >= 0.6 is 0 Å². The summed E-state index contributed by atoms with van der Waals surface area (Å²) >= 11 is 0. The second-order valence-corrected chi connectivity index (χ2v) is 8.27. The first-order valence-corrected chi connectivity index (χ1v) is 9.63. The van der Waals surface area contributed by atoms with Crippen molar-refractivity contribution in [2.45, 2.75) is 26.2 Å².